The van der Waals surface area contributed by atoms with Crippen molar-refractivity contribution < 1.29 is 27.5 Å². The van der Waals surface area contributed by atoms with Gasteiger partial charge in [0, 0.05) is 24.9 Å². The van der Waals surface area contributed by atoms with Crippen LogP contribution in [0.3, 0.4) is 0 Å². The summed E-state index contributed by atoms with van der Waals surface area (Å²) in [6.07, 6.45) is -3.30. The molecule has 2 aromatic carbocycles. The number of aromatic nitrogens is 1. The number of hydrogen-bond acceptors (Lipinski definition) is 4. The minimum absolute atomic E-state index is 0.116. The monoisotopic (exact) mass is 464 g/mol. The van der Waals surface area contributed by atoms with Crippen molar-refractivity contribution in [2.45, 2.75) is 6.18 Å². The van der Waals surface area contributed by atoms with Crippen molar-refractivity contribution in [2.24, 2.45) is 5.73 Å². The topological polar surface area (TPSA) is 106 Å². The number of alkyl halides is 3. The second-order valence-electron chi connectivity index (χ2n) is 6.45. The number of nitrogens with one attached hydrogen (secondary N) is 2. The van der Waals surface area contributed by atoms with E-state index in [0.29, 0.717) is 0 Å². The molecular weight excluding hydrogens is 449 g/mol. The number of pyridine rings is 1. The van der Waals surface area contributed by atoms with Crippen LogP contribution in [-0.2, 0) is 6.18 Å². The Morgan fingerprint density at radius 3 is 2.44 bits per heavy atom. The van der Waals surface area contributed by atoms with E-state index in [2.05, 4.69) is 15.6 Å². The third-order valence-electron chi connectivity index (χ3n) is 4.26. The number of urea groups is 1. The molecule has 3 rings (SSSR count). The average Bonchev–Trinajstić information content (AvgIpc) is 2.73. The molecule has 7 nitrogen and oxygen atoms in total. The lowest BCUT2D eigenvalue weighted by atomic mass is 10.0. The zero-order valence-electron chi connectivity index (χ0n) is 16.5. The van der Waals surface area contributed by atoms with Gasteiger partial charge in [-0.15, -0.1) is 0 Å². The predicted octanol–water partition coefficient (Wildman–Crippen LogP) is 5.06. The minimum atomic E-state index is -4.67. The van der Waals surface area contributed by atoms with E-state index in [1.165, 1.54) is 49.6 Å². The summed E-state index contributed by atoms with van der Waals surface area (Å²) >= 11 is 5.71. The highest BCUT2D eigenvalue weighted by atomic mass is 35.5. The van der Waals surface area contributed by atoms with Crippen LogP contribution in [0.4, 0.5) is 23.7 Å². The number of hydrogen-bond donors (Lipinski definition) is 3. The van der Waals surface area contributed by atoms with Crippen molar-refractivity contribution >= 4 is 29.2 Å². The molecule has 0 unspecified atom stereocenters. The van der Waals surface area contributed by atoms with E-state index in [9.17, 15) is 22.8 Å². The number of amides is 3. The van der Waals surface area contributed by atoms with Gasteiger partial charge in [0.15, 0.2) is 0 Å². The molecule has 11 heteroatoms. The van der Waals surface area contributed by atoms with Gasteiger partial charge in [0.2, 0.25) is 0 Å². The molecule has 32 heavy (non-hydrogen) atoms. The fourth-order valence-electron chi connectivity index (χ4n) is 2.84. The Labute approximate surface area is 185 Å². The normalized spacial score (nSPS) is 11.0. The number of benzene rings is 2. The first-order valence-electron chi connectivity index (χ1n) is 9.02. The lowest BCUT2D eigenvalue weighted by molar-refractivity contribution is -0.137. The van der Waals surface area contributed by atoms with Crippen LogP contribution in [-0.4, -0.2) is 24.0 Å². The molecule has 1 aromatic heterocycles. The van der Waals surface area contributed by atoms with Gasteiger partial charge in [0.1, 0.15) is 17.2 Å². The molecule has 4 N–H and O–H groups in total. The molecule has 0 bridgehead atoms. The van der Waals surface area contributed by atoms with E-state index >= 15 is 0 Å². The number of nitrogens with two attached hydrogens (primary N) is 1. The van der Waals surface area contributed by atoms with Crippen molar-refractivity contribution in [2.75, 3.05) is 12.4 Å². The van der Waals surface area contributed by atoms with Gasteiger partial charge in [-0.25, -0.2) is 4.79 Å². The number of nitrogens with zero attached hydrogens (tertiary/aromatic N) is 1. The Hall–Kier alpha value is -3.79. The summed E-state index contributed by atoms with van der Waals surface area (Å²) in [7, 11) is 1.45. The van der Waals surface area contributed by atoms with Crippen LogP contribution in [0.1, 0.15) is 16.1 Å². The molecular formula is C21H16ClF3N4O3. The number of carbonyl (C=O) groups is 2. The van der Waals surface area contributed by atoms with Gasteiger partial charge in [-0.3, -0.25) is 9.78 Å². The number of ether oxygens (including phenoxy) is 1. The summed E-state index contributed by atoms with van der Waals surface area (Å²) in [6, 6.07) is 9.70. The van der Waals surface area contributed by atoms with E-state index in [1.54, 1.807) is 0 Å². The number of carbonyl (C=O) groups excluding carboxylic acids is 2. The molecule has 3 amide bonds. The fourth-order valence-corrected chi connectivity index (χ4v) is 3.07. The van der Waals surface area contributed by atoms with Gasteiger partial charge in [0.05, 0.1) is 16.3 Å². The van der Waals surface area contributed by atoms with E-state index in [1.807, 2.05) is 0 Å². The van der Waals surface area contributed by atoms with Crippen LogP contribution in [0.15, 0.2) is 54.7 Å². The Morgan fingerprint density at radius 2 is 1.78 bits per heavy atom. The fraction of sp³-hybridized carbons (Fsp3) is 0.0952. The Bertz CT molecular complexity index is 1190. The van der Waals surface area contributed by atoms with Gasteiger partial charge in [-0.1, -0.05) is 17.7 Å². The summed E-state index contributed by atoms with van der Waals surface area (Å²) in [5, 5.41) is 4.35. The van der Waals surface area contributed by atoms with Gasteiger partial charge in [0.25, 0.3) is 5.91 Å². The highest BCUT2D eigenvalue weighted by Crippen LogP contribution is 2.40. The maximum atomic E-state index is 13.3. The van der Waals surface area contributed by atoms with Gasteiger partial charge < -0.3 is 21.1 Å². The molecule has 1 heterocycles. The van der Waals surface area contributed by atoms with E-state index < -0.39 is 28.7 Å². The van der Waals surface area contributed by atoms with Crippen LogP contribution < -0.4 is 21.1 Å². The van der Waals surface area contributed by atoms with Crippen molar-refractivity contribution in [3.8, 4) is 22.6 Å². The zero-order chi connectivity index (χ0) is 23.5. The molecule has 0 aliphatic heterocycles. The SMILES string of the molecule is CNC(=O)c1cc(Oc2ccc(NC(N)=O)c(-c3ccc(Cl)c(C(F)(F)F)c3)c2)ccn1. The number of halogens is 4. The van der Waals surface area contributed by atoms with Gasteiger partial charge in [-0.05, 0) is 42.0 Å². The van der Waals surface area contributed by atoms with E-state index in [0.717, 1.165) is 12.1 Å². The van der Waals surface area contributed by atoms with Crippen molar-refractivity contribution in [3.05, 3.63) is 71.0 Å². The zero-order valence-corrected chi connectivity index (χ0v) is 17.2. The molecule has 0 aliphatic carbocycles. The molecule has 0 saturated heterocycles. The van der Waals surface area contributed by atoms with Crippen molar-refractivity contribution in [3.63, 3.8) is 0 Å². The van der Waals surface area contributed by atoms with Crippen LogP contribution >= 0.6 is 11.6 Å². The molecule has 0 saturated carbocycles. The lowest BCUT2D eigenvalue weighted by Gasteiger charge is -2.15. The maximum Gasteiger partial charge on any atom is 0.417 e. The smallest absolute Gasteiger partial charge is 0.417 e. The average molecular weight is 465 g/mol. The quantitative estimate of drug-likeness (QED) is 0.490. The Kier molecular flexibility index (Phi) is 6.54. The van der Waals surface area contributed by atoms with Crippen LogP contribution in [0.25, 0.3) is 11.1 Å². The first kappa shape index (κ1) is 22.9. The number of primary amides is 1. The molecule has 0 fully saturated rings. The minimum Gasteiger partial charge on any atom is -0.457 e. The largest absolute Gasteiger partial charge is 0.457 e. The van der Waals surface area contributed by atoms with Crippen LogP contribution in [0.5, 0.6) is 11.5 Å². The summed E-state index contributed by atoms with van der Waals surface area (Å²) in [4.78, 5) is 27.1. The van der Waals surface area contributed by atoms with Gasteiger partial charge in [-0.2, -0.15) is 13.2 Å². The Morgan fingerprint density at radius 1 is 1.06 bits per heavy atom. The van der Waals surface area contributed by atoms with E-state index in [-0.39, 0.29) is 34.0 Å². The highest BCUT2D eigenvalue weighted by Gasteiger charge is 2.33. The molecule has 0 radical (unpaired) electrons. The Balaban J connectivity index is 2.05. The van der Waals surface area contributed by atoms with Crippen molar-refractivity contribution in [1.82, 2.24) is 10.3 Å². The first-order valence-corrected chi connectivity index (χ1v) is 9.40. The van der Waals surface area contributed by atoms with E-state index in [4.69, 9.17) is 22.1 Å². The number of anilines is 1. The predicted molar refractivity (Wildman–Crippen MR) is 113 cm³/mol. The standard InChI is InChI=1S/C21H16ClF3N4O3/c1-27-19(30)18-10-13(6-7-28-18)32-12-3-5-17(29-20(26)31)14(9-12)11-2-4-16(22)15(8-11)21(23,24)25/h2-10H,1H3,(H,27,30)(H3,26,29,31). The highest BCUT2D eigenvalue weighted by molar-refractivity contribution is 6.31. The molecule has 166 valence electrons. The summed E-state index contributed by atoms with van der Waals surface area (Å²) in [6.45, 7) is 0. The summed E-state index contributed by atoms with van der Waals surface area (Å²) in [5.74, 6) is 0.0813. The van der Waals surface area contributed by atoms with Crippen molar-refractivity contribution in [1.29, 1.82) is 0 Å². The lowest BCUT2D eigenvalue weighted by Crippen LogP contribution is -2.19. The maximum absolute atomic E-state index is 13.3. The van der Waals surface area contributed by atoms with Gasteiger partial charge >= 0.3 is 12.2 Å². The second-order valence-corrected chi connectivity index (χ2v) is 6.85. The third kappa shape index (κ3) is 5.27. The van der Waals surface area contributed by atoms with Crippen LogP contribution in [0, 0.1) is 0 Å². The molecule has 0 spiro atoms. The third-order valence-corrected chi connectivity index (χ3v) is 4.59. The first-order chi connectivity index (χ1) is 15.1. The molecule has 0 atom stereocenters. The summed E-state index contributed by atoms with van der Waals surface area (Å²) < 4.78 is 45.7. The molecule has 3 aromatic rings. The number of rotatable bonds is 5. The summed E-state index contributed by atoms with van der Waals surface area (Å²) in [5.41, 5.74) is 4.77. The van der Waals surface area contributed by atoms with Crippen LogP contribution in [0.2, 0.25) is 5.02 Å². The molecule has 0 aliphatic rings. The second kappa shape index (κ2) is 9.15.